The van der Waals surface area contributed by atoms with E-state index in [0.717, 1.165) is 29.0 Å². The van der Waals surface area contributed by atoms with Gasteiger partial charge in [0.2, 0.25) is 0 Å². The number of hydrogen-bond acceptors (Lipinski definition) is 3. The average molecular weight is 388 g/mol. The summed E-state index contributed by atoms with van der Waals surface area (Å²) in [6, 6.07) is 26.9. The molecule has 0 heterocycles. The number of oxime groups is 1. The molecule has 0 N–H and O–H groups in total. The van der Waals surface area contributed by atoms with E-state index in [9.17, 15) is 0 Å². The van der Waals surface area contributed by atoms with Gasteiger partial charge in [-0.25, -0.2) is 0 Å². The highest BCUT2D eigenvalue weighted by Crippen LogP contribution is 2.21. The van der Waals surface area contributed by atoms with E-state index in [2.05, 4.69) is 67.5 Å². The van der Waals surface area contributed by atoms with E-state index in [1.165, 1.54) is 11.1 Å². The Kier molecular flexibility index (Phi) is 7.46. The maximum Gasteiger partial charge on any atom is 0.151 e. The van der Waals surface area contributed by atoms with E-state index in [4.69, 9.17) is 9.57 Å². The Hall–Kier alpha value is -3.07. The van der Waals surface area contributed by atoms with Gasteiger partial charge in [0.05, 0.1) is 5.71 Å². The van der Waals surface area contributed by atoms with Gasteiger partial charge in [0.25, 0.3) is 0 Å². The van der Waals surface area contributed by atoms with Crippen LogP contribution in [0.1, 0.15) is 31.4 Å². The largest absolute Gasteiger partial charge is 0.490 e. The third kappa shape index (κ3) is 6.21. The first-order chi connectivity index (χ1) is 14.1. The Balaban J connectivity index is 1.62. The van der Waals surface area contributed by atoms with E-state index >= 15 is 0 Å². The number of ether oxygens (including phenoxy) is 1. The topological polar surface area (TPSA) is 30.8 Å². The molecule has 0 saturated carbocycles. The summed E-state index contributed by atoms with van der Waals surface area (Å²) < 4.78 is 5.78. The summed E-state index contributed by atoms with van der Waals surface area (Å²) >= 11 is 0. The molecule has 0 fully saturated rings. The number of benzene rings is 3. The zero-order chi connectivity index (χ0) is 20.5. The lowest BCUT2D eigenvalue weighted by molar-refractivity contribution is 0.106. The van der Waals surface area contributed by atoms with E-state index < -0.39 is 0 Å². The van der Waals surface area contributed by atoms with Crippen LogP contribution in [0.25, 0.3) is 11.1 Å². The second kappa shape index (κ2) is 10.5. The molecule has 3 heteroatoms. The number of nitrogens with zero attached hydrogens (tertiary/aromatic N) is 1. The number of hydrogen-bond donors (Lipinski definition) is 0. The first kappa shape index (κ1) is 20.7. The summed E-state index contributed by atoms with van der Waals surface area (Å²) in [5.74, 6) is 1.38. The van der Waals surface area contributed by atoms with Crippen molar-refractivity contribution in [1.29, 1.82) is 0 Å². The SMILES string of the molecule is Cc1ccccc1OCCO/N=C(\CC(C)C)c1ccc(-c2ccccc2)cc1. The summed E-state index contributed by atoms with van der Waals surface area (Å²) in [5, 5.41) is 4.43. The summed E-state index contributed by atoms with van der Waals surface area (Å²) in [7, 11) is 0. The highest BCUT2D eigenvalue weighted by molar-refractivity contribution is 6.00. The maximum atomic E-state index is 5.78. The number of para-hydroxylation sites is 1. The molecule has 3 aromatic rings. The smallest absolute Gasteiger partial charge is 0.151 e. The first-order valence-electron chi connectivity index (χ1n) is 10.2. The molecule has 0 aliphatic heterocycles. The van der Waals surface area contributed by atoms with Crippen LogP contribution >= 0.6 is 0 Å². The van der Waals surface area contributed by atoms with Crippen molar-refractivity contribution in [3.63, 3.8) is 0 Å². The molecule has 0 amide bonds. The van der Waals surface area contributed by atoms with Crippen molar-refractivity contribution in [2.24, 2.45) is 11.1 Å². The van der Waals surface area contributed by atoms with Gasteiger partial charge in [-0.05, 0) is 47.6 Å². The van der Waals surface area contributed by atoms with Gasteiger partial charge in [-0.3, -0.25) is 0 Å². The van der Waals surface area contributed by atoms with Crippen molar-refractivity contribution < 1.29 is 9.57 Å². The fourth-order valence-corrected chi connectivity index (χ4v) is 3.11. The molecule has 0 radical (unpaired) electrons. The van der Waals surface area contributed by atoms with Gasteiger partial charge in [0.1, 0.15) is 12.4 Å². The molecule has 0 aromatic heterocycles. The standard InChI is InChI=1S/C26H29NO2/c1-20(2)19-25(27-29-18-17-28-26-12-8-7-9-21(26)3)24-15-13-23(14-16-24)22-10-5-4-6-11-22/h4-16,20H,17-19H2,1-3H3/b27-25+. The van der Waals surface area contributed by atoms with Crippen molar-refractivity contribution in [1.82, 2.24) is 0 Å². The number of rotatable bonds is 9. The predicted octanol–water partition coefficient (Wildman–Crippen LogP) is 6.51. The summed E-state index contributed by atoms with van der Waals surface area (Å²) in [6.45, 7) is 7.30. The highest BCUT2D eigenvalue weighted by Gasteiger charge is 2.08. The lowest BCUT2D eigenvalue weighted by Gasteiger charge is -2.11. The molecule has 0 spiro atoms. The van der Waals surface area contributed by atoms with Crippen LogP contribution in [0.5, 0.6) is 5.75 Å². The molecule has 150 valence electrons. The second-order valence-corrected chi connectivity index (χ2v) is 7.53. The normalized spacial score (nSPS) is 11.5. The highest BCUT2D eigenvalue weighted by atomic mass is 16.6. The van der Waals surface area contributed by atoms with Gasteiger partial charge in [-0.2, -0.15) is 0 Å². The van der Waals surface area contributed by atoms with Gasteiger partial charge < -0.3 is 9.57 Å². The van der Waals surface area contributed by atoms with Gasteiger partial charge in [0, 0.05) is 0 Å². The van der Waals surface area contributed by atoms with Crippen molar-refractivity contribution in [2.45, 2.75) is 27.2 Å². The van der Waals surface area contributed by atoms with Crippen LogP contribution in [0.2, 0.25) is 0 Å². The third-order valence-electron chi connectivity index (χ3n) is 4.63. The van der Waals surface area contributed by atoms with Crippen LogP contribution < -0.4 is 4.74 Å². The number of aryl methyl sites for hydroxylation is 1. The maximum absolute atomic E-state index is 5.78. The van der Waals surface area contributed by atoms with Crippen LogP contribution in [0.3, 0.4) is 0 Å². The average Bonchev–Trinajstić information content (AvgIpc) is 2.74. The Morgan fingerprint density at radius 3 is 2.14 bits per heavy atom. The van der Waals surface area contributed by atoms with E-state index in [1.54, 1.807) is 0 Å². The molecule has 0 aliphatic rings. The molecule has 0 bridgehead atoms. The zero-order valence-corrected chi connectivity index (χ0v) is 17.5. The molecular weight excluding hydrogens is 358 g/mol. The molecule has 0 aliphatic carbocycles. The van der Waals surface area contributed by atoms with Crippen LogP contribution in [-0.4, -0.2) is 18.9 Å². The van der Waals surface area contributed by atoms with E-state index in [1.807, 2.05) is 37.3 Å². The zero-order valence-electron chi connectivity index (χ0n) is 17.5. The Morgan fingerprint density at radius 1 is 0.793 bits per heavy atom. The fraction of sp³-hybridized carbons (Fsp3) is 0.269. The van der Waals surface area contributed by atoms with E-state index in [-0.39, 0.29) is 0 Å². The lowest BCUT2D eigenvalue weighted by Crippen LogP contribution is -2.09. The Morgan fingerprint density at radius 2 is 1.45 bits per heavy atom. The molecule has 3 nitrogen and oxygen atoms in total. The third-order valence-corrected chi connectivity index (χ3v) is 4.63. The van der Waals surface area contributed by atoms with Crippen LogP contribution in [0.15, 0.2) is 84.0 Å². The molecule has 0 saturated heterocycles. The first-order valence-corrected chi connectivity index (χ1v) is 10.2. The molecule has 29 heavy (non-hydrogen) atoms. The van der Waals surface area contributed by atoms with E-state index in [0.29, 0.717) is 19.1 Å². The monoisotopic (exact) mass is 387 g/mol. The van der Waals surface area contributed by atoms with Crippen molar-refractivity contribution in [3.05, 3.63) is 90.0 Å². The van der Waals surface area contributed by atoms with Gasteiger partial charge in [0.15, 0.2) is 6.61 Å². The quantitative estimate of drug-likeness (QED) is 0.238. The fourth-order valence-electron chi connectivity index (χ4n) is 3.11. The van der Waals surface area contributed by atoms with Gasteiger partial charge in [-0.15, -0.1) is 0 Å². The van der Waals surface area contributed by atoms with Crippen molar-refractivity contribution >= 4 is 5.71 Å². The minimum absolute atomic E-state index is 0.415. The van der Waals surface area contributed by atoms with Crippen LogP contribution in [0.4, 0.5) is 0 Å². The summed E-state index contributed by atoms with van der Waals surface area (Å²) in [6.07, 6.45) is 0.864. The molecular formula is C26H29NO2. The van der Waals surface area contributed by atoms with Crippen molar-refractivity contribution in [2.75, 3.05) is 13.2 Å². The summed E-state index contributed by atoms with van der Waals surface area (Å²) in [4.78, 5) is 5.59. The minimum Gasteiger partial charge on any atom is -0.490 e. The summed E-state index contributed by atoms with van der Waals surface area (Å²) in [5.41, 5.74) is 5.60. The molecule has 3 rings (SSSR count). The molecule has 0 unspecified atom stereocenters. The lowest BCUT2D eigenvalue weighted by atomic mass is 9.98. The minimum atomic E-state index is 0.415. The Bertz CT molecular complexity index is 915. The van der Waals surface area contributed by atoms with Crippen LogP contribution in [-0.2, 0) is 4.84 Å². The van der Waals surface area contributed by atoms with Crippen LogP contribution in [0, 0.1) is 12.8 Å². The molecule has 3 aromatic carbocycles. The van der Waals surface area contributed by atoms with Gasteiger partial charge in [-0.1, -0.05) is 91.8 Å². The second-order valence-electron chi connectivity index (χ2n) is 7.53. The van der Waals surface area contributed by atoms with Crippen molar-refractivity contribution in [3.8, 4) is 16.9 Å². The molecule has 0 atom stereocenters. The predicted molar refractivity (Wildman–Crippen MR) is 120 cm³/mol. The van der Waals surface area contributed by atoms with Gasteiger partial charge >= 0.3 is 0 Å². The Labute approximate surface area is 174 Å².